The Labute approximate surface area is 93.5 Å². The van der Waals surface area contributed by atoms with Gasteiger partial charge in [-0.15, -0.1) is 0 Å². The summed E-state index contributed by atoms with van der Waals surface area (Å²) in [4.78, 5) is 11.2. The monoisotopic (exact) mass is 214 g/mol. The molecule has 0 atom stereocenters. The molecule has 0 saturated carbocycles. The van der Waals surface area contributed by atoms with Crippen molar-refractivity contribution in [2.24, 2.45) is 0 Å². The van der Waals surface area contributed by atoms with Crippen molar-refractivity contribution in [3.63, 3.8) is 0 Å². The van der Waals surface area contributed by atoms with Crippen molar-refractivity contribution >= 4 is 5.78 Å². The van der Waals surface area contributed by atoms with E-state index in [0.717, 1.165) is 5.56 Å². The van der Waals surface area contributed by atoms with Crippen LogP contribution in [-0.2, 0) is 0 Å². The molecule has 2 aromatic rings. The van der Waals surface area contributed by atoms with Crippen LogP contribution >= 0.6 is 0 Å². The van der Waals surface area contributed by atoms with E-state index in [1.807, 2.05) is 30.3 Å². The third-order valence-electron chi connectivity index (χ3n) is 2.46. The van der Waals surface area contributed by atoms with E-state index in [1.54, 1.807) is 6.07 Å². The average Bonchev–Trinajstić information content (AvgIpc) is 2.30. The number of carbonyl (C=O) groups excluding carboxylic acids is 1. The van der Waals surface area contributed by atoms with Crippen LogP contribution < -0.4 is 0 Å². The number of carbonyl (C=O) groups is 1. The molecule has 1 nitrogen and oxygen atoms in total. The lowest BCUT2D eigenvalue weighted by Gasteiger charge is -2.05. The molecule has 0 N–H and O–H groups in total. The summed E-state index contributed by atoms with van der Waals surface area (Å²) in [5.74, 6) is -0.367. The Balaban J connectivity index is 2.56. The van der Waals surface area contributed by atoms with Crippen LogP contribution in [0.2, 0.25) is 0 Å². The quantitative estimate of drug-likeness (QED) is 0.697. The minimum atomic E-state index is -0.309. The maximum absolute atomic E-state index is 13.6. The van der Waals surface area contributed by atoms with E-state index in [-0.39, 0.29) is 11.6 Å². The van der Waals surface area contributed by atoms with Gasteiger partial charge in [0.1, 0.15) is 5.82 Å². The fourth-order valence-corrected chi connectivity index (χ4v) is 1.58. The summed E-state index contributed by atoms with van der Waals surface area (Å²) < 4.78 is 13.6. The first kappa shape index (κ1) is 10.6. The Morgan fingerprint density at radius 1 is 1.06 bits per heavy atom. The summed E-state index contributed by atoms with van der Waals surface area (Å²) >= 11 is 0. The third-order valence-corrected chi connectivity index (χ3v) is 2.46. The number of ketones is 1. The maximum Gasteiger partial charge on any atom is 0.159 e. The minimum absolute atomic E-state index is 0.0582. The molecule has 0 heterocycles. The van der Waals surface area contributed by atoms with Crippen LogP contribution in [0.25, 0.3) is 11.1 Å². The summed E-state index contributed by atoms with van der Waals surface area (Å²) in [6.07, 6.45) is 0. The van der Waals surface area contributed by atoms with E-state index >= 15 is 0 Å². The molecule has 0 aliphatic heterocycles. The molecule has 16 heavy (non-hydrogen) atoms. The van der Waals surface area contributed by atoms with E-state index in [9.17, 15) is 9.18 Å². The molecular weight excluding hydrogens is 203 g/mol. The normalized spacial score (nSPS) is 10.1. The average molecular weight is 214 g/mol. The molecule has 0 radical (unpaired) electrons. The van der Waals surface area contributed by atoms with Gasteiger partial charge in [0.2, 0.25) is 0 Å². The first-order valence-corrected chi connectivity index (χ1v) is 5.04. The fraction of sp³-hybridized carbons (Fsp3) is 0.0714. The topological polar surface area (TPSA) is 17.1 Å². The highest BCUT2D eigenvalue weighted by Crippen LogP contribution is 2.23. The summed E-state index contributed by atoms with van der Waals surface area (Å²) in [5.41, 5.74) is 1.77. The van der Waals surface area contributed by atoms with Crippen molar-refractivity contribution < 1.29 is 9.18 Å². The lowest BCUT2D eigenvalue weighted by atomic mass is 10.0. The second-order valence-electron chi connectivity index (χ2n) is 3.62. The Hall–Kier alpha value is -1.96. The van der Waals surface area contributed by atoms with Crippen LogP contribution in [0.3, 0.4) is 0 Å². The summed E-state index contributed by atoms with van der Waals surface area (Å²) in [5, 5.41) is 0. The van der Waals surface area contributed by atoms with Gasteiger partial charge >= 0.3 is 0 Å². The zero-order valence-electron chi connectivity index (χ0n) is 8.91. The molecule has 0 fully saturated rings. The number of hydrogen-bond donors (Lipinski definition) is 0. The molecule has 0 spiro atoms. The predicted octanol–water partition coefficient (Wildman–Crippen LogP) is 3.70. The van der Waals surface area contributed by atoms with Gasteiger partial charge in [-0.1, -0.05) is 30.3 Å². The van der Waals surface area contributed by atoms with Gasteiger partial charge in [-0.2, -0.15) is 0 Å². The van der Waals surface area contributed by atoms with Crippen molar-refractivity contribution in [1.82, 2.24) is 0 Å². The second-order valence-corrected chi connectivity index (χ2v) is 3.62. The summed E-state index contributed by atoms with van der Waals surface area (Å²) in [6, 6.07) is 13.6. The molecule has 0 aromatic heterocycles. The van der Waals surface area contributed by atoms with Gasteiger partial charge in [0.05, 0.1) is 0 Å². The van der Waals surface area contributed by atoms with Crippen molar-refractivity contribution in [2.75, 3.05) is 0 Å². The molecule has 0 bridgehead atoms. The highest BCUT2D eigenvalue weighted by molar-refractivity contribution is 5.95. The van der Waals surface area contributed by atoms with Crippen LogP contribution in [0.15, 0.2) is 48.5 Å². The van der Waals surface area contributed by atoms with Crippen LogP contribution in [0.5, 0.6) is 0 Å². The highest BCUT2D eigenvalue weighted by atomic mass is 19.1. The molecule has 2 aromatic carbocycles. The Morgan fingerprint density at radius 2 is 1.75 bits per heavy atom. The third kappa shape index (κ3) is 2.01. The van der Waals surface area contributed by atoms with Crippen LogP contribution in [0.4, 0.5) is 4.39 Å². The zero-order valence-corrected chi connectivity index (χ0v) is 8.91. The lowest BCUT2D eigenvalue weighted by molar-refractivity contribution is 0.101. The molecule has 0 amide bonds. The second kappa shape index (κ2) is 4.27. The van der Waals surface area contributed by atoms with Crippen LogP contribution in [-0.4, -0.2) is 5.78 Å². The molecule has 0 aliphatic rings. The number of halogens is 1. The highest BCUT2D eigenvalue weighted by Gasteiger charge is 2.07. The van der Waals surface area contributed by atoms with Crippen LogP contribution in [0.1, 0.15) is 17.3 Å². The van der Waals surface area contributed by atoms with Crippen molar-refractivity contribution in [2.45, 2.75) is 6.92 Å². The van der Waals surface area contributed by atoms with E-state index in [4.69, 9.17) is 0 Å². The number of rotatable bonds is 2. The van der Waals surface area contributed by atoms with Gasteiger partial charge in [-0.25, -0.2) is 4.39 Å². The summed E-state index contributed by atoms with van der Waals surface area (Å²) in [6.45, 7) is 1.47. The zero-order chi connectivity index (χ0) is 11.5. The van der Waals surface area contributed by atoms with Gasteiger partial charge in [-0.3, -0.25) is 4.79 Å². The standard InChI is InChI=1S/C14H11FO/c1-10(16)12-7-8-14(15)13(9-12)11-5-3-2-4-6-11/h2-9H,1H3. The number of hydrogen-bond acceptors (Lipinski definition) is 1. The minimum Gasteiger partial charge on any atom is -0.295 e. The van der Waals surface area contributed by atoms with Gasteiger partial charge in [0, 0.05) is 11.1 Å². The van der Waals surface area contributed by atoms with Crippen molar-refractivity contribution in [3.05, 3.63) is 59.9 Å². The van der Waals surface area contributed by atoms with Crippen molar-refractivity contribution in [3.8, 4) is 11.1 Å². The summed E-state index contributed by atoms with van der Waals surface area (Å²) in [7, 11) is 0. The smallest absolute Gasteiger partial charge is 0.159 e. The molecule has 2 heteroatoms. The van der Waals surface area contributed by atoms with Crippen LogP contribution in [0, 0.1) is 5.82 Å². The van der Waals surface area contributed by atoms with Gasteiger partial charge in [0.15, 0.2) is 5.78 Å². The fourth-order valence-electron chi connectivity index (χ4n) is 1.58. The molecule has 0 saturated heterocycles. The van der Waals surface area contributed by atoms with Crippen molar-refractivity contribution in [1.29, 1.82) is 0 Å². The lowest BCUT2D eigenvalue weighted by Crippen LogP contribution is -1.94. The largest absolute Gasteiger partial charge is 0.295 e. The number of benzene rings is 2. The molecule has 0 aliphatic carbocycles. The van der Waals surface area contributed by atoms with Gasteiger partial charge in [-0.05, 0) is 30.7 Å². The molecule has 2 rings (SSSR count). The maximum atomic E-state index is 13.6. The first-order valence-electron chi connectivity index (χ1n) is 5.04. The Kier molecular flexibility index (Phi) is 2.82. The first-order chi connectivity index (χ1) is 7.68. The predicted molar refractivity (Wildman–Crippen MR) is 61.8 cm³/mol. The molecule has 80 valence electrons. The number of Topliss-reactive ketones (excluding diaryl/α,β-unsaturated/α-hetero) is 1. The SMILES string of the molecule is CC(=O)c1ccc(F)c(-c2ccccc2)c1. The van der Waals surface area contributed by atoms with E-state index in [0.29, 0.717) is 11.1 Å². The van der Waals surface area contributed by atoms with E-state index in [2.05, 4.69) is 0 Å². The molecule has 0 unspecified atom stereocenters. The Bertz CT molecular complexity index is 518. The van der Waals surface area contributed by atoms with E-state index in [1.165, 1.54) is 19.1 Å². The van der Waals surface area contributed by atoms with Gasteiger partial charge in [0.25, 0.3) is 0 Å². The molecular formula is C14H11FO. The Morgan fingerprint density at radius 3 is 2.38 bits per heavy atom. The van der Waals surface area contributed by atoms with Gasteiger partial charge < -0.3 is 0 Å². The van der Waals surface area contributed by atoms with E-state index < -0.39 is 0 Å².